The second-order valence-electron chi connectivity index (χ2n) is 8.54. The number of ketones is 1. The molecule has 0 bridgehead atoms. The van der Waals surface area contributed by atoms with Crippen molar-refractivity contribution < 1.29 is 17.1 Å². The Hall–Kier alpha value is -3.33. The van der Waals surface area contributed by atoms with Crippen molar-refractivity contribution in [2.75, 3.05) is 36.5 Å². The molecule has 1 N–H and O–H groups in total. The molecule has 1 saturated carbocycles. The normalized spacial score (nSPS) is 20.0. The van der Waals surface area contributed by atoms with E-state index in [2.05, 4.69) is 25.2 Å². The third-order valence-electron chi connectivity index (χ3n) is 6.22. The molecule has 3 aromatic rings. The van der Waals surface area contributed by atoms with Gasteiger partial charge < -0.3 is 19.7 Å². The summed E-state index contributed by atoms with van der Waals surface area (Å²) in [5, 5.41) is 4.18. The average Bonchev–Trinajstić information content (AvgIpc) is 2.91. The summed E-state index contributed by atoms with van der Waals surface area (Å²) < 4.78 is 11.9. The van der Waals surface area contributed by atoms with E-state index in [1.165, 1.54) is 0 Å². The zero-order valence-corrected chi connectivity index (χ0v) is 20.7. The number of ether oxygens (including phenoxy) is 2. The number of aromatic nitrogens is 4. The van der Waals surface area contributed by atoms with Crippen LogP contribution in [0.2, 0.25) is 0 Å². The molecule has 0 spiro atoms. The molecule has 0 atom stereocenters. The van der Waals surface area contributed by atoms with Crippen molar-refractivity contribution in [3.8, 4) is 5.88 Å². The molecule has 4 heterocycles. The molecule has 1 aliphatic carbocycles. The lowest BCUT2D eigenvalue weighted by Crippen LogP contribution is -2.37. The van der Waals surface area contributed by atoms with Gasteiger partial charge >= 0.3 is 0 Å². The first-order valence-corrected chi connectivity index (χ1v) is 12.5. The van der Waals surface area contributed by atoms with E-state index in [0.29, 0.717) is 36.6 Å². The van der Waals surface area contributed by atoms with Gasteiger partial charge in [-0.3, -0.25) is 9.78 Å². The van der Waals surface area contributed by atoms with Gasteiger partial charge in [-0.15, -0.1) is 0 Å². The number of nitrogens with one attached hydrogen (secondary N) is 1. The van der Waals surface area contributed by atoms with Gasteiger partial charge in [-0.1, -0.05) is 13.8 Å². The minimum atomic E-state index is -0.0256. The number of anilines is 2. The number of pyridine rings is 2. The molecule has 2 fully saturated rings. The molecule has 0 radical (unpaired) electrons. The van der Waals surface area contributed by atoms with Gasteiger partial charge in [0.15, 0.2) is 5.78 Å². The maximum Gasteiger partial charge on any atom is 0.225 e. The quantitative estimate of drug-likeness (QED) is 0.497. The molecule has 3 aromatic heterocycles. The summed E-state index contributed by atoms with van der Waals surface area (Å²) in [5.41, 5.74) is 1.34. The van der Waals surface area contributed by atoms with E-state index in [4.69, 9.17) is 14.5 Å². The van der Waals surface area contributed by atoms with Crippen molar-refractivity contribution in [3.63, 3.8) is 0 Å². The van der Waals surface area contributed by atoms with Crippen LogP contribution in [0.1, 0.15) is 59.7 Å². The van der Waals surface area contributed by atoms with Crippen LogP contribution in [0, 0.1) is 0 Å². The molecule has 0 unspecified atom stereocenters. The van der Waals surface area contributed by atoms with Gasteiger partial charge in [-0.05, 0) is 44.7 Å². The number of rotatable bonds is 6. The summed E-state index contributed by atoms with van der Waals surface area (Å²) >= 11 is 0. The zero-order valence-electron chi connectivity index (χ0n) is 20.7. The Kier molecular flexibility index (Phi) is 8.41. The molecular formula is C26H38N6O3. The predicted octanol–water partition coefficient (Wildman–Crippen LogP) is 4.78. The summed E-state index contributed by atoms with van der Waals surface area (Å²) in [5.74, 6) is 2.02. The van der Waals surface area contributed by atoms with Gasteiger partial charge in [-0.25, -0.2) is 9.97 Å². The topological polar surface area (TPSA) is 102 Å². The van der Waals surface area contributed by atoms with Crippen molar-refractivity contribution in [3.05, 3.63) is 42.4 Å². The van der Waals surface area contributed by atoms with Crippen LogP contribution in [0.3, 0.4) is 0 Å². The van der Waals surface area contributed by atoms with Crippen LogP contribution in [0.25, 0.3) is 10.9 Å². The molecule has 0 aromatic carbocycles. The standard InChI is InChI=1S/C24H28N6O3.C2H6.2H2/c1-16(31)17-13-20-21(27-15-17)14-22(30-9-11-32-12-10-30)29-23(20)33-19-5-3-18(4-6-19)28-24-25-7-2-8-26-24;1-2;;/h2,7-8,13-15,18-19H,3-6,9-12H2,1H3,(H,25,26,28);1-2H3;2*1H. The fraction of sp³-hybridized carbons (Fsp3) is 0.500. The molecule has 0 amide bonds. The number of nitrogens with zero attached hydrogens (tertiary/aromatic N) is 5. The third-order valence-corrected chi connectivity index (χ3v) is 6.22. The predicted molar refractivity (Wildman–Crippen MR) is 140 cm³/mol. The Morgan fingerprint density at radius 3 is 2.49 bits per heavy atom. The van der Waals surface area contributed by atoms with Gasteiger partial charge in [0.05, 0.1) is 24.1 Å². The fourth-order valence-electron chi connectivity index (χ4n) is 4.36. The second kappa shape index (κ2) is 11.9. The van der Waals surface area contributed by atoms with Crippen LogP contribution in [-0.2, 0) is 4.74 Å². The maximum atomic E-state index is 12.0. The summed E-state index contributed by atoms with van der Waals surface area (Å²) in [6, 6.07) is 5.95. The number of Topliss-reactive ketones (excluding diaryl/α,β-unsaturated/α-hetero) is 1. The fourth-order valence-corrected chi connectivity index (χ4v) is 4.36. The van der Waals surface area contributed by atoms with Crippen LogP contribution in [0.5, 0.6) is 5.88 Å². The van der Waals surface area contributed by atoms with E-state index in [1.54, 1.807) is 25.5 Å². The summed E-state index contributed by atoms with van der Waals surface area (Å²) in [7, 11) is 0. The molecule has 190 valence electrons. The number of morpholine rings is 1. The van der Waals surface area contributed by atoms with E-state index in [-0.39, 0.29) is 14.7 Å². The Morgan fingerprint density at radius 2 is 1.80 bits per heavy atom. The molecule has 9 nitrogen and oxygen atoms in total. The van der Waals surface area contributed by atoms with Crippen molar-refractivity contribution in [2.45, 2.75) is 58.6 Å². The lowest BCUT2D eigenvalue weighted by Gasteiger charge is -2.31. The highest BCUT2D eigenvalue weighted by atomic mass is 16.5. The van der Waals surface area contributed by atoms with E-state index < -0.39 is 0 Å². The highest BCUT2D eigenvalue weighted by Gasteiger charge is 2.25. The lowest BCUT2D eigenvalue weighted by molar-refractivity contribution is 0.101. The van der Waals surface area contributed by atoms with E-state index >= 15 is 0 Å². The number of fused-ring (bicyclic) bond motifs is 1. The van der Waals surface area contributed by atoms with Crippen LogP contribution >= 0.6 is 0 Å². The van der Waals surface area contributed by atoms with Crippen molar-refractivity contribution in [1.29, 1.82) is 0 Å². The molecular weight excluding hydrogens is 444 g/mol. The van der Waals surface area contributed by atoms with Crippen LogP contribution < -0.4 is 15.0 Å². The Balaban J connectivity index is 0.00000118. The van der Waals surface area contributed by atoms with Crippen molar-refractivity contribution in [2.24, 2.45) is 0 Å². The average molecular weight is 483 g/mol. The first kappa shape index (κ1) is 24.8. The largest absolute Gasteiger partial charge is 0.474 e. The first-order chi connectivity index (χ1) is 17.2. The number of carbonyl (C=O) groups is 1. The van der Waals surface area contributed by atoms with Gasteiger partial charge in [0.1, 0.15) is 11.9 Å². The maximum absolute atomic E-state index is 12.0. The number of hydrogen-bond donors (Lipinski definition) is 1. The smallest absolute Gasteiger partial charge is 0.225 e. The molecule has 1 saturated heterocycles. The summed E-state index contributed by atoms with van der Waals surface area (Å²) in [6.45, 7) is 8.46. The van der Waals surface area contributed by atoms with E-state index in [0.717, 1.165) is 55.5 Å². The second-order valence-corrected chi connectivity index (χ2v) is 8.54. The highest BCUT2D eigenvalue weighted by molar-refractivity contribution is 5.98. The van der Waals surface area contributed by atoms with Crippen LogP contribution in [-0.4, -0.2) is 64.2 Å². The zero-order chi connectivity index (χ0) is 24.6. The van der Waals surface area contributed by atoms with Crippen molar-refractivity contribution in [1.82, 2.24) is 19.9 Å². The Morgan fingerprint density at radius 1 is 1.09 bits per heavy atom. The van der Waals surface area contributed by atoms with E-state index in [9.17, 15) is 4.79 Å². The molecule has 5 rings (SSSR count). The molecule has 1 aliphatic heterocycles. The lowest BCUT2D eigenvalue weighted by atomic mass is 9.93. The molecule has 2 aliphatic rings. The van der Waals surface area contributed by atoms with Crippen LogP contribution in [0.4, 0.5) is 11.8 Å². The van der Waals surface area contributed by atoms with Gasteiger partial charge in [-0.2, -0.15) is 4.98 Å². The van der Waals surface area contributed by atoms with Gasteiger partial charge in [0.25, 0.3) is 0 Å². The number of carbonyl (C=O) groups excluding carboxylic acids is 1. The SMILES string of the molecule is CC.CC(=O)c1cnc2cc(N3CCOCC3)nc(OC3CCC(Nc4ncccn4)CC3)c2c1.[HH].[HH]. The number of hydrogen-bond acceptors (Lipinski definition) is 9. The molecule has 35 heavy (non-hydrogen) atoms. The molecule has 9 heteroatoms. The van der Waals surface area contributed by atoms with Crippen molar-refractivity contribution >= 4 is 28.5 Å². The van der Waals surface area contributed by atoms with E-state index in [1.807, 2.05) is 32.0 Å². The van der Waals surface area contributed by atoms with Gasteiger partial charge in [0.2, 0.25) is 11.8 Å². The Bertz CT molecular complexity index is 1120. The highest BCUT2D eigenvalue weighted by Crippen LogP contribution is 2.32. The Labute approximate surface area is 209 Å². The van der Waals surface area contributed by atoms with Gasteiger partial charge in [0, 0.05) is 52.2 Å². The third kappa shape index (κ3) is 6.22. The minimum Gasteiger partial charge on any atom is -0.474 e. The summed E-state index contributed by atoms with van der Waals surface area (Å²) in [6.07, 6.45) is 8.88. The summed E-state index contributed by atoms with van der Waals surface area (Å²) in [4.78, 5) is 32.1. The minimum absolute atomic E-state index is 0. The monoisotopic (exact) mass is 482 g/mol. The van der Waals surface area contributed by atoms with Crippen LogP contribution in [0.15, 0.2) is 36.8 Å². The first-order valence-electron chi connectivity index (χ1n) is 12.5.